The second kappa shape index (κ2) is 12.1. The van der Waals surface area contributed by atoms with Crippen molar-refractivity contribution in [1.29, 1.82) is 0 Å². The van der Waals surface area contributed by atoms with Gasteiger partial charge in [0.05, 0.1) is 0 Å². The number of nitrogen functional groups attached to an aromatic ring is 2. The number of nitrogens with two attached hydrogens (primary N) is 2. The van der Waals surface area contributed by atoms with E-state index in [2.05, 4.69) is 55.5 Å². The molecule has 186 valence electrons. The molecule has 0 atom stereocenters. The van der Waals surface area contributed by atoms with Crippen molar-refractivity contribution in [2.45, 2.75) is 109 Å². The zero-order chi connectivity index (χ0) is 23.8. The van der Waals surface area contributed by atoms with E-state index >= 15 is 0 Å². The molecule has 0 heterocycles. The lowest BCUT2D eigenvalue weighted by Crippen LogP contribution is -2.36. The fourth-order valence-electron chi connectivity index (χ4n) is 7.11. The highest BCUT2D eigenvalue weighted by Gasteiger charge is 2.40. The first kappa shape index (κ1) is 25.1. The number of unbranched alkanes of at least 4 members (excludes halogenated alkanes) is 5. The third kappa shape index (κ3) is 6.18. The maximum atomic E-state index is 6.03. The Kier molecular flexibility index (Phi) is 8.98. The Morgan fingerprint density at radius 3 is 1.62 bits per heavy atom. The number of rotatable bonds is 10. The summed E-state index contributed by atoms with van der Waals surface area (Å²) in [7, 11) is 0. The molecule has 2 aliphatic carbocycles. The largest absolute Gasteiger partial charge is 0.399 e. The first-order valence-corrected chi connectivity index (χ1v) is 14.3. The van der Waals surface area contributed by atoms with Crippen molar-refractivity contribution in [3.05, 3.63) is 59.7 Å². The maximum absolute atomic E-state index is 6.03. The second-order valence-corrected chi connectivity index (χ2v) is 11.5. The van der Waals surface area contributed by atoms with Crippen LogP contribution in [0.1, 0.15) is 114 Å². The van der Waals surface area contributed by atoms with E-state index in [0.29, 0.717) is 0 Å². The van der Waals surface area contributed by atoms with Crippen LogP contribution in [0.3, 0.4) is 0 Å². The van der Waals surface area contributed by atoms with Gasteiger partial charge in [0.2, 0.25) is 0 Å². The first-order chi connectivity index (χ1) is 16.6. The van der Waals surface area contributed by atoms with Crippen molar-refractivity contribution < 1.29 is 0 Å². The summed E-state index contributed by atoms with van der Waals surface area (Å²) in [5, 5.41) is 0. The molecule has 4 N–H and O–H groups in total. The molecule has 0 radical (unpaired) electrons. The van der Waals surface area contributed by atoms with Crippen molar-refractivity contribution in [3.8, 4) is 0 Å². The van der Waals surface area contributed by atoms with Crippen molar-refractivity contribution in [1.82, 2.24) is 0 Å². The summed E-state index contributed by atoms with van der Waals surface area (Å²) in [6.45, 7) is 2.31. The minimum Gasteiger partial charge on any atom is -0.399 e. The van der Waals surface area contributed by atoms with E-state index < -0.39 is 0 Å². The van der Waals surface area contributed by atoms with E-state index in [-0.39, 0.29) is 5.41 Å². The summed E-state index contributed by atoms with van der Waals surface area (Å²) in [4.78, 5) is 0. The van der Waals surface area contributed by atoms with Gasteiger partial charge in [-0.3, -0.25) is 0 Å². The number of hydrogen-bond acceptors (Lipinski definition) is 2. The van der Waals surface area contributed by atoms with E-state index in [1.165, 1.54) is 107 Å². The Morgan fingerprint density at radius 1 is 0.618 bits per heavy atom. The third-order valence-electron chi connectivity index (χ3n) is 9.33. The molecule has 4 rings (SSSR count). The fourth-order valence-corrected chi connectivity index (χ4v) is 7.11. The molecule has 2 nitrogen and oxygen atoms in total. The lowest BCUT2D eigenvalue weighted by molar-refractivity contribution is 0.140. The Morgan fingerprint density at radius 2 is 1.09 bits per heavy atom. The van der Waals surface area contributed by atoms with Crippen LogP contribution in [0, 0.1) is 17.8 Å². The quantitative estimate of drug-likeness (QED) is 0.275. The van der Waals surface area contributed by atoms with Crippen molar-refractivity contribution in [2.75, 3.05) is 11.5 Å². The van der Waals surface area contributed by atoms with E-state index in [4.69, 9.17) is 11.5 Å². The molecule has 2 aromatic carbocycles. The highest BCUT2D eigenvalue weighted by atomic mass is 14.6. The predicted molar refractivity (Wildman–Crippen MR) is 148 cm³/mol. The van der Waals surface area contributed by atoms with Gasteiger partial charge in [-0.2, -0.15) is 0 Å². The number of hydrogen-bond donors (Lipinski definition) is 2. The van der Waals surface area contributed by atoms with Gasteiger partial charge in [0, 0.05) is 16.8 Å². The van der Waals surface area contributed by atoms with E-state index in [1.807, 2.05) is 0 Å². The summed E-state index contributed by atoms with van der Waals surface area (Å²) >= 11 is 0. The minimum atomic E-state index is 0.104. The Balaban J connectivity index is 1.32. The molecule has 0 aliphatic heterocycles. The summed E-state index contributed by atoms with van der Waals surface area (Å²) in [6.07, 6.45) is 21.2. The topological polar surface area (TPSA) is 52.0 Å². The summed E-state index contributed by atoms with van der Waals surface area (Å²) in [6, 6.07) is 17.4. The van der Waals surface area contributed by atoms with Gasteiger partial charge in [0.25, 0.3) is 0 Å². The molecule has 0 spiro atoms. The number of benzene rings is 2. The zero-order valence-corrected chi connectivity index (χ0v) is 21.6. The molecule has 2 heteroatoms. The van der Waals surface area contributed by atoms with Crippen LogP contribution in [0.15, 0.2) is 48.5 Å². The highest BCUT2D eigenvalue weighted by molar-refractivity contribution is 5.49. The van der Waals surface area contributed by atoms with Gasteiger partial charge in [-0.15, -0.1) is 0 Å². The van der Waals surface area contributed by atoms with Gasteiger partial charge in [-0.25, -0.2) is 0 Å². The lowest BCUT2D eigenvalue weighted by atomic mass is 9.60. The molecule has 0 unspecified atom stereocenters. The molecule has 0 bridgehead atoms. The smallest absolute Gasteiger partial charge is 0.0314 e. The standard InChI is InChI=1S/C32H48N2/c1-2-3-4-5-6-7-8-25-9-11-26(12-10-25)27-21-23-32(24-22-27,28-13-17-30(33)18-14-28)29-15-19-31(34)20-16-29/h13-20,25-27H,2-12,21-24,33-34H2,1H3. The average molecular weight is 461 g/mol. The Labute approximate surface area is 208 Å². The SMILES string of the molecule is CCCCCCCCC1CCC(C2CCC(c3ccc(N)cc3)(c3ccc(N)cc3)CC2)CC1. The van der Waals surface area contributed by atoms with Crippen LogP contribution >= 0.6 is 0 Å². The Hall–Kier alpha value is -1.96. The summed E-state index contributed by atoms with van der Waals surface area (Å²) < 4.78 is 0. The summed E-state index contributed by atoms with van der Waals surface area (Å²) in [5.41, 5.74) is 16.7. The molecular weight excluding hydrogens is 412 g/mol. The fraction of sp³-hybridized carbons (Fsp3) is 0.625. The lowest BCUT2D eigenvalue weighted by Gasteiger charge is -2.44. The van der Waals surface area contributed by atoms with Crippen molar-refractivity contribution in [2.24, 2.45) is 17.8 Å². The minimum absolute atomic E-state index is 0.104. The van der Waals surface area contributed by atoms with Crippen LogP contribution < -0.4 is 11.5 Å². The molecule has 2 aliphatic rings. The monoisotopic (exact) mass is 460 g/mol. The first-order valence-electron chi connectivity index (χ1n) is 14.3. The number of anilines is 2. The van der Waals surface area contributed by atoms with Crippen LogP contribution in [0.4, 0.5) is 11.4 Å². The summed E-state index contributed by atoms with van der Waals surface area (Å²) in [5.74, 6) is 2.87. The van der Waals surface area contributed by atoms with Gasteiger partial charge >= 0.3 is 0 Å². The second-order valence-electron chi connectivity index (χ2n) is 11.5. The van der Waals surface area contributed by atoms with Gasteiger partial charge in [0.1, 0.15) is 0 Å². The van der Waals surface area contributed by atoms with E-state index in [1.54, 1.807) is 0 Å². The van der Waals surface area contributed by atoms with Crippen molar-refractivity contribution in [3.63, 3.8) is 0 Å². The van der Waals surface area contributed by atoms with E-state index in [9.17, 15) is 0 Å². The zero-order valence-electron chi connectivity index (χ0n) is 21.6. The van der Waals surface area contributed by atoms with Gasteiger partial charge < -0.3 is 11.5 Å². The molecule has 0 saturated heterocycles. The van der Waals surface area contributed by atoms with Crippen molar-refractivity contribution >= 4 is 11.4 Å². The van der Waals surface area contributed by atoms with Gasteiger partial charge in [0.15, 0.2) is 0 Å². The highest BCUT2D eigenvalue weighted by Crippen LogP contribution is 2.50. The Bertz CT molecular complexity index is 790. The van der Waals surface area contributed by atoms with Crippen LogP contribution in [0.5, 0.6) is 0 Å². The molecule has 2 saturated carbocycles. The van der Waals surface area contributed by atoms with Gasteiger partial charge in [-0.05, 0) is 91.7 Å². The van der Waals surface area contributed by atoms with Crippen LogP contribution in [-0.2, 0) is 5.41 Å². The molecule has 2 fully saturated rings. The van der Waals surface area contributed by atoms with E-state index in [0.717, 1.165) is 29.1 Å². The van der Waals surface area contributed by atoms with Crippen LogP contribution in [0.25, 0.3) is 0 Å². The van der Waals surface area contributed by atoms with Crippen LogP contribution in [-0.4, -0.2) is 0 Å². The van der Waals surface area contributed by atoms with Crippen LogP contribution in [0.2, 0.25) is 0 Å². The van der Waals surface area contributed by atoms with Gasteiger partial charge in [-0.1, -0.05) is 89.0 Å². The normalized spacial score (nSPS) is 23.1. The molecule has 0 amide bonds. The molecule has 34 heavy (non-hydrogen) atoms. The average Bonchev–Trinajstić information content (AvgIpc) is 2.87. The third-order valence-corrected chi connectivity index (χ3v) is 9.33. The predicted octanol–water partition coefficient (Wildman–Crippen LogP) is 8.88. The molecule has 0 aromatic heterocycles. The molecule has 2 aromatic rings. The maximum Gasteiger partial charge on any atom is 0.0314 e. The molecular formula is C32H48N2.